The summed E-state index contributed by atoms with van der Waals surface area (Å²) < 4.78 is 34.2. The summed E-state index contributed by atoms with van der Waals surface area (Å²) in [6.07, 6.45) is 5.22. The van der Waals surface area contributed by atoms with Gasteiger partial charge in [0, 0.05) is 17.6 Å². The molecule has 0 spiro atoms. The largest absolute Gasteiger partial charge is 0.492 e. The molecule has 0 radical (unpaired) electrons. The molecule has 1 fully saturated rings. The SMILES string of the molecule is CCOc1ccc(Br)cc1S(=O)(=O)Nc1cnc(N2CCC(C)CC2)nc1. The lowest BCUT2D eigenvalue weighted by Gasteiger charge is -2.30. The highest BCUT2D eigenvalue weighted by atomic mass is 79.9. The normalized spacial score (nSPS) is 15.6. The molecule has 0 unspecified atom stereocenters. The molecule has 1 aliphatic heterocycles. The summed E-state index contributed by atoms with van der Waals surface area (Å²) in [7, 11) is -3.83. The van der Waals surface area contributed by atoms with Gasteiger partial charge in [-0.25, -0.2) is 18.4 Å². The van der Waals surface area contributed by atoms with Crippen molar-refractivity contribution >= 4 is 37.6 Å². The number of piperidine rings is 1. The smallest absolute Gasteiger partial charge is 0.265 e. The quantitative estimate of drug-likeness (QED) is 0.716. The molecule has 1 saturated heterocycles. The standard InChI is InChI=1S/C18H23BrN4O3S/c1-3-26-16-5-4-14(19)10-17(16)27(24,25)22-15-11-20-18(21-12-15)23-8-6-13(2)7-9-23/h4-5,10-13,22H,3,6-9H2,1-2H3. The first-order valence-corrected chi connectivity index (χ1v) is 11.2. The van der Waals surface area contributed by atoms with E-state index < -0.39 is 10.0 Å². The second kappa shape index (κ2) is 8.43. The van der Waals surface area contributed by atoms with Crippen molar-refractivity contribution in [3.63, 3.8) is 0 Å². The van der Waals surface area contributed by atoms with Gasteiger partial charge in [-0.1, -0.05) is 22.9 Å². The number of anilines is 2. The van der Waals surface area contributed by atoms with Crippen molar-refractivity contribution in [3.8, 4) is 5.75 Å². The highest BCUT2D eigenvalue weighted by molar-refractivity contribution is 9.10. The molecule has 3 rings (SSSR count). The Hall–Kier alpha value is -1.87. The Morgan fingerprint density at radius 1 is 1.26 bits per heavy atom. The zero-order valence-electron chi connectivity index (χ0n) is 15.4. The van der Waals surface area contributed by atoms with Crippen LogP contribution >= 0.6 is 15.9 Å². The van der Waals surface area contributed by atoms with Crippen LogP contribution in [0.15, 0.2) is 40.0 Å². The number of rotatable bonds is 6. The van der Waals surface area contributed by atoms with Crippen LogP contribution in [-0.4, -0.2) is 38.1 Å². The Morgan fingerprint density at radius 3 is 2.56 bits per heavy atom. The van der Waals surface area contributed by atoms with Crippen LogP contribution in [0.5, 0.6) is 5.75 Å². The van der Waals surface area contributed by atoms with Crippen LogP contribution in [0, 0.1) is 5.92 Å². The fraction of sp³-hybridized carbons (Fsp3) is 0.444. The minimum atomic E-state index is -3.83. The van der Waals surface area contributed by atoms with E-state index in [0.717, 1.165) is 31.8 Å². The van der Waals surface area contributed by atoms with Crippen molar-refractivity contribution in [1.82, 2.24) is 9.97 Å². The number of nitrogens with zero attached hydrogens (tertiary/aromatic N) is 3. The van der Waals surface area contributed by atoms with Crippen LogP contribution in [0.4, 0.5) is 11.6 Å². The number of hydrogen-bond donors (Lipinski definition) is 1. The molecule has 7 nitrogen and oxygen atoms in total. The predicted octanol–water partition coefficient (Wildman–Crippen LogP) is 3.67. The maximum atomic E-state index is 12.8. The Labute approximate surface area is 168 Å². The molecule has 0 atom stereocenters. The fourth-order valence-corrected chi connectivity index (χ4v) is 4.63. The second-order valence-corrected chi connectivity index (χ2v) is 9.14. The molecule has 2 aromatic rings. The van der Waals surface area contributed by atoms with Crippen LogP contribution in [0.2, 0.25) is 0 Å². The molecular weight excluding hydrogens is 432 g/mol. The van der Waals surface area contributed by atoms with E-state index >= 15 is 0 Å². The molecule has 2 heterocycles. The van der Waals surface area contributed by atoms with Crippen molar-refractivity contribution in [2.75, 3.05) is 29.3 Å². The first-order valence-electron chi connectivity index (χ1n) is 8.91. The number of hydrogen-bond acceptors (Lipinski definition) is 6. The van der Waals surface area contributed by atoms with E-state index in [2.05, 4.69) is 42.4 Å². The molecule has 27 heavy (non-hydrogen) atoms. The van der Waals surface area contributed by atoms with Crippen molar-refractivity contribution in [2.24, 2.45) is 5.92 Å². The van der Waals surface area contributed by atoms with Gasteiger partial charge in [-0.05, 0) is 43.9 Å². The van der Waals surface area contributed by atoms with Gasteiger partial charge in [-0.3, -0.25) is 4.72 Å². The van der Waals surface area contributed by atoms with Crippen molar-refractivity contribution in [2.45, 2.75) is 31.6 Å². The number of halogens is 1. The van der Waals surface area contributed by atoms with Crippen molar-refractivity contribution in [1.29, 1.82) is 0 Å². The van der Waals surface area contributed by atoms with E-state index in [1.165, 1.54) is 18.5 Å². The third-order valence-corrected chi connectivity index (χ3v) is 6.35. The monoisotopic (exact) mass is 454 g/mol. The molecule has 1 aromatic heterocycles. The summed E-state index contributed by atoms with van der Waals surface area (Å²) in [5.41, 5.74) is 0.312. The first kappa shape index (κ1) is 19.9. The molecule has 146 valence electrons. The summed E-state index contributed by atoms with van der Waals surface area (Å²) in [5, 5.41) is 0. The van der Waals surface area contributed by atoms with E-state index in [9.17, 15) is 8.42 Å². The topological polar surface area (TPSA) is 84.4 Å². The molecular formula is C18H23BrN4O3S. The van der Waals surface area contributed by atoms with Crippen LogP contribution in [-0.2, 0) is 10.0 Å². The van der Waals surface area contributed by atoms with Gasteiger partial charge in [0.05, 0.1) is 24.7 Å². The number of sulfonamides is 1. The van der Waals surface area contributed by atoms with Gasteiger partial charge < -0.3 is 9.64 Å². The zero-order chi connectivity index (χ0) is 19.4. The minimum absolute atomic E-state index is 0.0628. The minimum Gasteiger partial charge on any atom is -0.492 e. The number of benzene rings is 1. The summed E-state index contributed by atoms with van der Waals surface area (Å²) in [6.45, 7) is 6.26. The van der Waals surface area contributed by atoms with E-state index in [4.69, 9.17) is 4.74 Å². The number of ether oxygens (including phenoxy) is 1. The van der Waals surface area contributed by atoms with E-state index in [1.54, 1.807) is 19.1 Å². The van der Waals surface area contributed by atoms with E-state index in [1.807, 2.05) is 0 Å². The Kier molecular flexibility index (Phi) is 6.21. The highest BCUT2D eigenvalue weighted by Gasteiger charge is 2.22. The molecule has 1 aliphatic rings. The summed E-state index contributed by atoms with van der Waals surface area (Å²) in [4.78, 5) is 10.8. The molecule has 9 heteroatoms. The number of nitrogens with one attached hydrogen (secondary N) is 1. The fourth-order valence-electron chi connectivity index (χ4n) is 2.92. The van der Waals surface area contributed by atoms with Gasteiger partial charge in [0.25, 0.3) is 10.0 Å². The van der Waals surface area contributed by atoms with Crippen LogP contribution in [0.1, 0.15) is 26.7 Å². The zero-order valence-corrected chi connectivity index (χ0v) is 17.8. The van der Waals surface area contributed by atoms with Crippen LogP contribution in [0.25, 0.3) is 0 Å². The lowest BCUT2D eigenvalue weighted by Crippen LogP contribution is -2.34. The molecule has 1 N–H and O–H groups in total. The summed E-state index contributed by atoms with van der Waals surface area (Å²) in [5.74, 6) is 1.65. The maximum Gasteiger partial charge on any atom is 0.265 e. The second-order valence-electron chi connectivity index (χ2n) is 6.57. The van der Waals surface area contributed by atoms with Crippen LogP contribution < -0.4 is 14.4 Å². The molecule has 0 saturated carbocycles. The Bertz CT molecular complexity index is 882. The van der Waals surface area contributed by atoms with Gasteiger partial charge >= 0.3 is 0 Å². The van der Waals surface area contributed by atoms with Gasteiger partial charge in [0.2, 0.25) is 5.95 Å². The lowest BCUT2D eigenvalue weighted by molar-refractivity contribution is 0.331. The van der Waals surface area contributed by atoms with Gasteiger partial charge in [0.1, 0.15) is 10.6 Å². The third kappa shape index (κ3) is 4.90. The van der Waals surface area contributed by atoms with Crippen molar-refractivity contribution < 1.29 is 13.2 Å². The number of aromatic nitrogens is 2. The third-order valence-electron chi connectivity index (χ3n) is 4.45. The molecule has 1 aromatic carbocycles. The Morgan fingerprint density at radius 2 is 1.93 bits per heavy atom. The maximum absolute atomic E-state index is 12.8. The average Bonchev–Trinajstić information content (AvgIpc) is 2.64. The summed E-state index contributed by atoms with van der Waals surface area (Å²) in [6, 6.07) is 4.87. The Balaban J connectivity index is 1.77. The van der Waals surface area contributed by atoms with Gasteiger partial charge in [-0.15, -0.1) is 0 Å². The predicted molar refractivity (Wildman–Crippen MR) is 109 cm³/mol. The average molecular weight is 455 g/mol. The van der Waals surface area contributed by atoms with Crippen LogP contribution in [0.3, 0.4) is 0 Å². The summed E-state index contributed by atoms with van der Waals surface area (Å²) >= 11 is 3.31. The van der Waals surface area contributed by atoms with E-state index in [-0.39, 0.29) is 4.90 Å². The molecule has 0 aliphatic carbocycles. The molecule has 0 bridgehead atoms. The van der Waals surface area contributed by atoms with Crippen molar-refractivity contribution in [3.05, 3.63) is 35.1 Å². The molecule has 0 amide bonds. The highest BCUT2D eigenvalue weighted by Crippen LogP contribution is 2.29. The first-order chi connectivity index (χ1) is 12.9. The lowest BCUT2D eigenvalue weighted by atomic mass is 10.00. The van der Waals surface area contributed by atoms with Gasteiger partial charge in [-0.2, -0.15) is 0 Å². The van der Waals surface area contributed by atoms with Gasteiger partial charge in [0.15, 0.2) is 0 Å². The van der Waals surface area contributed by atoms with E-state index in [0.29, 0.717) is 28.5 Å².